The second-order valence-electron chi connectivity index (χ2n) is 2.83. The minimum absolute atomic E-state index is 1.14. The minimum Gasteiger partial charge on any atom is -0.241 e. The Morgan fingerprint density at radius 2 is 2.25 bits per heavy atom. The van der Waals surface area contributed by atoms with E-state index in [9.17, 15) is 0 Å². The van der Waals surface area contributed by atoms with Gasteiger partial charge in [-0.2, -0.15) is 0 Å². The molecule has 0 aliphatic heterocycles. The molecule has 0 saturated carbocycles. The zero-order valence-corrected chi connectivity index (χ0v) is 9.86. The molecule has 0 saturated heterocycles. The van der Waals surface area contributed by atoms with Gasteiger partial charge in [-0.25, -0.2) is 4.98 Å². The fourth-order valence-corrected chi connectivity index (χ4v) is 3.14. The Hall–Kier alpha value is -0.0951. The lowest BCUT2D eigenvalue weighted by molar-refractivity contribution is 1.35. The SMILES string of the molecule is Bc1cc(I)c2sc(C)nc2c1. The van der Waals surface area contributed by atoms with Gasteiger partial charge < -0.3 is 0 Å². The van der Waals surface area contributed by atoms with E-state index < -0.39 is 0 Å². The molecule has 0 spiro atoms. The molecule has 1 nitrogen and oxygen atoms in total. The molecule has 12 heavy (non-hydrogen) atoms. The Bertz CT molecular complexity index is 438. The number of hydrogen-bond acceptors (Lipinski definition) is 2. The smallest absolute Gasteiger partial charge is 0.139 e. The van der Waals surface area contributed by atoms with Crippen LogP contribution in [0.5, 0.6) is 0 Å². The molecule has 1 aromatic carbocycles. The van der Waals surface area contributed by atoms with Gasteiger partial charge in [-0.3, -0.25) is 0 Å². The molecule has 0 radical (unpaired) electrons. The third-order valence-corrected chi connectivity index (χ3v) is 3.93. The summed E-state index contributed by atoms with van der Waals surface area (Å²) in [6.45, 7) is 2.05. The van der Waals surface area contributed by atoms with Gasteiger partial charge in [-0.05, 0) is 35.6 Å². The maximum Gasteiger partial charge on any atom is 0.139 e. The summed E-state index contributed by atoms with van der Waals surface area (Å²) in [7, 11) is 2.11. The van der Waals surface area contributed by atoms with Crippen LogP contribution in [0.1, 0.15) is 5.01 Å². The molecular weight excluding hydrogens is 280 g/mol. The summed E-state index contributed by atoms with van der Waals surface area (Å²) in [6, 6.07) is 4.33. The van der Waals surface area contributed by atoms with Crippen molar-refractivity contribution >= 4 is 57.5 Å². The standard InChI is InChI=1S/C8H7BINS/c1-4-11-7-3-5(9)2-6(10)8(7)12-4/h2-3H,9H2,1H3. The van der Waals surface area contributed by atoms with Crippen molar-refractivity contribution in [1.29, 1.82) is 0 Å². The Morgan fingerprint density at radius 3 is 3.00 bits per heavy atom. The van der Waals surface area contributed by atoms with Gasteiger partial charge in [-0.15, -0.1) is 11.3 Å². The third-order valence-electron chi connectivity index (χ3n) is 1.70. The number of fused-ring (bicyclic) bond motifs is 1. The number of halogens is 1. The number of aromatic nitrogens is 1. The lowest BCUT2D eigenvalue weighted by Crippen LogP contribution is -2.01. The maximum absolute atomic E-state index is 4.45. The van der Waals surface area contributed by atoms with Crippen LogP contribution in [-0.2, 0) is 0 Å². The van der Waals surface area contributed by atoms with Crippen molar-refractivity contribution in [3.05, 3.63) is 20.7 Å². The molecule has 4 heteroatoms. The normalized spacial score (nSPS) is 10.8. The number of aryl methyl sites for hydroxylation is 1. The summed E-state index contributed by atoms with van der Waals surface area (Å²) in [5, 5.41) is 1.15. The molecule has 0 atom stereocenters. The molecule has 0 N–H and O–H groups in total. The molecule has 0 aliphatic rings. The van der Waals surface area contributed by atoms with Gasteiger partial charge in [0.1, 0.15) is 7.85 Å². The van der Waals surface area contributed by atoms with E-state index >= 15 is 0 Å². The van der Waals surface area contributed by atoms with Crippen LogP contribution in [0, 0.1) is 10.5 Å². The maximum atomic E-state index is 4.45. The topological polar surface area (TPSA) is 12.9 Å². The van der Waals surface area contributed by atoms with E-state index in [0.29, 0.717) is 0 Å². The van der Waals surface area contributed by atoms with Gasteiger partial charge in [-0.1, -0.05) is 11.5 Å². The van der Waals surface area contributed by atoms with E-state index in [1.54, 1.807) is 11.3 Å². The number of benzene rings is 1. The van der Waals surface area contributed by atoms with Crippen LogP contribution in [0.15, 0.2) is 12.1 Å². The largest absolute Gasteiger partial charge is 0.241 e. The summed E-state index contributed by atoms with van der Waals surface area (Å²) >= 11 is 4.14. The fraction of sp³-hybridized carbons (Fsp3) is 0.125. The van der Waals surface area contributed by atoms with Crippen LogP contribution in [0.3, 0.4) is 0 Å². The van der Waals surface area contributed by atoms with Crippen molar-refractivity contribution in [3.8, 4) is 0 Å². The molecule has 0 fully saturated rings. The highest BCUT2D eigenvalue weighted by molar-refractivity contribution is 14.1. The van der Waals surface area contributed by atoms with Crippen molar-refractivity contribution in [3.63, 3.8) is 0 Å². The Balaban J connectivity index is 2.88. The Labute approximate surface area is 89.8 Å². The lowest BCUT2D eigenvalue weighted by Gasteiger charge is -1.94. The Kier molecular flexibility index (Phi) is 2.12. The summed E-state index contributed by atoms with van der Waals surface area (Å²) in [5.74, 6) is 0. The summed E-state index contributed by atoms with van der Waals surface area (Å²) in [5.41, 5.74) is 2.43. The van der Waals surface area contributed by atoms with Gasteiger partial charge in [0.25, 0.3) is 0 Å². The third kappa shape index (κ3) is 1.37. The summed E-state index contributed by atoms with van der Waals surface area (Å²) in [4.78, 5) is 4.45. The molecule has 60 valence electrons. The number of rotatable bonds is 0. The average Bonchev–Trinajstić information content (AvgIpc) is 2.29. The molecule has 0 aliphatic carbocycles. The van der Waals surface area contributed by atoms with Gasteiger partial charge in [0, 0.05) is 3.57 Å². The molecule has 0 amide bonds. The van der Waals surface area contributed by atoms with Crippen molar-refractivity contribution in [2.75, 3.05) is 0 Å². The second kappa shape index (κ2) is 2.99. The number of thiazole rings is 1. The highest BCUT2D eigenvalue weighted by Gasteiger charge is 2.03. The van der Waals surface area contributed by atoms with E-state index in [1.165, 1.54) is 13.7 Å². The van der Waals surface area contributed by atoms with E-state index in [1.807, 2.05) is 0 Å². The fourth-order valence-electron chi connectivity index (χ4n) is 1.23. The van der Waals surface area contributed by atoms with Gasteiger partial charge >= 0.3 is 0 Å². The first-order valence-electron chi connectivity index (χ1n) is 3.70. The van der Waals surface area contributed by atoms with E-state index in [0.717, 1.165) is 10.5 Å². The minimum atomic E-state index is 1.14. The van der Waals surface area contributed by atoms with Crippen LogP contribution in [0.25, 0.3) is 10.2 Å². The Morgan fingerprint density at radius 1 is 1.50 bits per heavy atom. The molecule has 0 bridgehead atoms. The van der Waals surface area contributed by atoms with E-state index in [2.05, 4.69) is 54.5 Å². The van der Waals surface area contributed by atoms with Gasteiger partial charge in [0.15, 0.2) is 0 Å². The molecular formula is C8H7BINS. The number of nitrogens with zero attached hydrogens (tertiary/aromatic N) is 1. The summed E-state index contributed by atoms with van der Waals surface area (Å²) in [6.07, 6.45) is 0. The van der Waals surface area contributed by atoms with Gasteiger partial charge in [0.05, 0.1) is 15.2 Å². The van der Waals surface area contributed by atoms with Crippen molar-refractivity contribution in [2.24, 2.45) is 0 Å². The van der Waals surface area contributed by atoms with Crippen LogP contribution >= 0.6 is 33.9 Å². The van der Waals surface area contributed by atoms with Crippen LogP contribution in [0.2, 0.25) is 0 Å². The van der Waals surface area contributed by atoms with Crippen LogP contribution in [-0.4, -0.2) is 12.8 Å². The molecule has 1 aromatic heterocycles. The predicted molar refractivity (Wildman–Crippen MR) is 65.3 cm³/mol. The highest BCUT2D eigenvalue weighted by Crippen LogP contribution is 2.25. The quantitative estimate of drug-likeness (QED) is 0.528. The average molecular weight is 287 g/mol. The second-order valence-corrected chi connectivity index (χ2v) is 5.19. The van der Waals surface area contributed by atoms with Crippen LogP contribution in [0.4, 0.5) is 0 Å². The molecule has 1 heterocycles. The monoisotopic (exact) mass is 287 g/mol. The number of hydrogen-bond donors (Lipinski definition) is 0. The highest BCUT2D eigenvalue weighted by atomic mass is 127. The molecule has 2 aromatic rings. The predicted octanol–water partition coefficient (Wildman–Crippen LogP) is 1.47. The first-order chi connectivity index (χ1) is 5.66. The zero-order chi connectivity index (χ0) is 8.72. The zero-order valence-electron chi connectivity index (χ0n) is 6.89. The van der Waals surface area contributed by atoms with Crippen molar-refractivity contribution < 1.29 is 0 Å². The summed E-state index contributed by atoms with van der Waals surface area (Å²) < 4.78 is 2.63. The molecule has 2 rings (SSSR count). The lowest BCUT2D eigenvalue weighted by atomic mass is 9.96. The van der Waals surface area contributed by atoms with E-state index in [-0.39, 0.29) is 0 Å². The van der Waals surface area contributed by atoms with E-state index in [4.69, 9.17) is 0 Å². The van der Waals surface area contributed by atoms with Crippen molar-refractivity contribution in [1.82, 2.24) is 4.98 Å². The first-order valence-corrected chi connectivity index (χ1v) is 5.59. The van der Waals surface area contributed by atoms with Gasteiger partial charge in [0.2, 0.25) is 0 Å². The van der Waals surface area contributed by atoms with Crippen molar-refractivity contribution in [2.45, 2.75) is 6.92 Å². The first kappa shape index (κ1) is 8.50. The molecule has 0 unspecified atom stereocenters. The van der Waals surface area contributed by atoms with Crippen LogP contribution < -0.4 is 5.46 Å².